The van der Waals surface area contributed by atoms with Gasteiger partial charge < -0.3 is 10.4 Å². The van der Waals surface area contributed by atoms with E-state index in [2.05, 4.69) is 5.32 Å². The number of nitrogens with zero attached hydrogens (tertiary/aromatic N) is 1. The number of hydrogen-bond acceptors (Lipinski definition) is 5. The summed E-state index contributed by atoms with van der Waals surface area (Å²) in [5.41, 5.74) is 0. The summed E-state index contributed by atoms with van der Waals surface area (Å²) in [7, 11) is -3.44. The van der Waals surface area contributed by atoms with E-state index in [1.807, 2.05) is 0 Å². The maximum absolute atomic E-state index is 12.4. The molecule has 9 heteroatoms. The summed E-state index contributed by atoms with van der Waals surface area (Å²) in [6, 6.07) is 3.16. The second-order valence-corrected chi connectivity index (χ2v) is 8.34. The lowest BCUT2D eigenvalue weighted by Gasteiger charge is -2.13. The number of sulfonamides is 1. The largest absolute Gasteiger partial charge is 0.481 e. The molecule has 2 rings (SSSR count). The molecule has 122 valence electrons. The average Bonchev–Trinajstić information content (AvgIpc) is 3.09. The van der Waals surface area contributed by atoms with Gasteiger partial charge in [0.25, 0.3) is 10.0 Å². The number of carbonyl (C=O) groups excluding carboxylic acids is 1. The Morgan fingerprint density at radius 1 is 1.27 bits per heavy atom. The molecule has 7 nitrogen and oxygen atoms in total. The molecule has 0 saturated carbocycles. The van der Waals surface area contributed by atoms with Gasteiger partial charge in [-0.3, -0.25) is 9.59 Å². The molecule has 0 bridgehead atoms. The molecule has 2 N–H and O–H groups in total. The molecule has 0 spiro atoms. The van der Waals surface area contributed by atoms with E-state index in [0.29, 0.717) is 18.0 Å². The van der Waals surface area contributed by atoms with Crippen molar-refractivity contribution in [3.63, 3.8) is 0 Å². The lowest BCUT2D eigenvalue weighted by molar-refractivity contribution is -0.136. The topological polar surface area (TPSA) is 104 Å². The lowest BCUT2D eigenvalue weighted by atomic mass is 10.3. The minimum Gasteiger partial charge on any atom is -0.481 e. The van der Waals surface area contributed by atoms with E-state index in [0.717, 1.165) is 24.2 Å². The highest BCUT2D eigenvalue weighted by Crippen LogP contribution is 2.27. The molecular weight excluding hydrogens is 328 g/mol. The Bertz CT molecular complexity index is 647. The van der Waals surface area contributed by atoms with Gasteiger partial charge in [0.15, 0.2) is 0 Å². The van der Waals surface area contributed by atoms with Crippen LogP contribution in [0.2, 0.25) is 0 Å². The minimum atomic E-state index is -3.44. The number of amides is 1. The van der Waals surface area contributed by atoms with Gasteiger partial charge in [-0.25, -0.2) is 8.42 Å². The van der Waals surface area contributed by atoms with Crippen molar-refractivity contribution in [1.29, 1.82) is 0 Å². The van der Waals surface area contributed by atoms with E-state index < -0.39 is 16.0 Å². The first-order chi connectivity index (χ1) is 10.4. The van der Waals surface area contributed by atoms with Gasteiger partial charge in [0.1, 0.15) is 4.21 Å². The first kappa shape index (κ1) is 16.9. The van der Waals surface area contributed by atoms with Gasteiger partial charge in [0.05, 0.1) is 12.8 Å². The highest BCUT2D eigenvalue weighted by molar-refractivity contribution is 7.91. The van der Waals surface area contributed by atoms with E-state index in [-0.39, 0.29) is 29.5 Å². The van der Waals surface area contributed by atoms with E-state index in [1.54, 1.807) is 6.07 Å². The summed E-state index contributed by atoms with van der Waals surface area (Å²) in [6.45, 7) is 1.16. The lowest BCUT2D eigenvalue weighted by Crippen LogP contribution is -2.27. The number of aliphatic carboxylic acids is 1. The van der Waals surface area contributed by atoms with Crippen LogP contribution < -0.4 is 5.32 Å². The van der Waals surface area contributed by atoms with Gasteiger partial charge in [-0.15, -0.1) is 11.3 Å². The molecule has 0 radical (unpaired) electrons. The number of hydrogen-bond donors (Lipinski definition) is 2. The summed E-state index contributed by atoms with van der Waals surface area (Å²) in [6.07, 6.45) is 1.68. The van der Waals surface area contributed by atoms with Crippen molar-refractivity contribution in [2.24, 2.45) is 0 Å². The van der Waals surface area contributed by atoms with Gasteiger partial charge in [0, 0.05) is 24.5 Å². The van der Waals surface area contributed by atoms with Gasteiger partial charge in [-0.05, 0) is 25.0 Å². The molecule has 0 aliphatic carbocycles. The second-order valence-electron chi connectivity index (χ2n) is 5.00. The van der Waals surface area contributed by atoms with Crippen LogP contribution in [0.4, 0.5) is 0 Å². The zero-order valence-electron chi connectivity index (χ0n) is 11.9. The van der Waals surface area contributed by atoms with E-state index in [4.69, 9.17) is 5.11 Å². The third-order valence-electron chi connectivity index (χ3n) is 3.29. The Morgan fingerprint density at radius 3 is 2.59 bits per heavy atom. The molecule has 2 heterocycles. The fraction of sp³-hybridized carbons (Fsp3) is 0.538. The van der Waals surface area contributed by atoms with Crippen LogP contribution in [0.1, 0.15) is 24.1 Å². The Hall–Kier alpha value is -1.45. The minimum absolute atomic E-state index is 0.0554. The number of carbonyl (C=O) groups is 2. The van der Waals surface area contributed by atoms with Crippen molar-refractivity contribution in [3.05, 3.63) is 17.0 Å². The van der Waals surface area contributed by atoms with E-state index in [1.165, 1.54) is 10.4 Å². The summed E-state index contributed by atoms with van der Waals surface area (Å²) in [4.78, 5) is 22.7. The first-order valence-corrected chi connectivity index (χ1v) is 9.22. The van der Waals surface area contributed by atoms with E-state index >= 15 is 0 Å². The van der Waals surface area contributed by atoms with Crippen LogP contribution in [0.3, 0.4) is 0 Å². The highest BCUT2D eigenvalue weighted by atomic mass is 32.2. The predicted molar refractivity (Wildman–Crippen MR) is 81.3 cm³/mol. The van der Waals surface area contributed by atoms with Crippen molar-refractivity contribution < 1.29 is 23.1 Å². The second kappa shape index (κ2) is 7.21. The molecule has 0 unspecified atom stereocenters. The molecule has 1 amide bonds. The monoisotopic (exact) mass is 346 g/mol. The van der Waals surface area contributed by atoms with Crippen molar-refractivity contribution in [2.75, 3.05) is 19.6 Å². The number of nitrogens with one attached hydrogen (secondary N) is 1. The molecule has 0 aromatic carbocycles. The quantitative estimate of drug-likeness (QED) is 0.755. The Kier molecular flexibility index (Phi) is 5.54. The van der Waals surface area contributed by atoms with Crippen LogP contribution in [-0.4, -0.2) is 49.3 Å². The molecular formula is C13H18N2O5S2. The fourth-order valence-corrected chi connectivity index (χ4v) is 5.20. The number of rotatable bonds is 7. The van der Waals surface area contributed by atoms with Crippen LogP contribution in [0.15, 0.2) is 16.3 Å². The van der Waals surface area contributed by atoms with Crippen molar-refractivity contribution in [3.8, 4) is 0 Å². The molecule has 1 aromatic heterocycles. The molecule has 0 atom stereocenters. The molecule has 1 aromatic rings. The maximum Gasteiger partial charge on any atom is 0.305 e. The smallest absolute Gasteiger partial charge is 0.305 e. The number of carboxylic acid groups (broad SMARTS) is 1. The summed E-state index contributed by atoms with van der Waals surface area (Å²) >= 11 is 1.09. The third kappa shape index (κ3) is 4.28. The predicted octanol–water partition coefficient (Wildman–Crippen LogP) is 0.666. The number of carboxylic acids is 1. The standard InChI is InChI=1S/C13H18N2O5S2/c16-11(14-6-5-12(17)18)9-10-3-4-13(21-10)22(19,20)15-7-1-2-8-15/h3-4H,1-2,5-9H2,(H,14,16)(H,17,18). The molecule has 1 fully saturated rings. The molecule has 1 aliphatic rings. The highest BCUT2D eigenvalue weighted by Gasteiger charge is 2.28. The zero-order chi connectivity index (χ0) is 16.2. The van der Waals surface area contributed by atoms with Crippen LogP contribution in [-0.2, 0) is 26.0 Å². The third-order valence-corrected chi connectivity index (χ3v) is 6.74. The van der Waals surface area contributed by atoms with Crippen LogP contribution in [0.25, 0.3) is 0 Å². The van der Waals surface area contributed by atoms with Crippen LogP contribution in [0.5, 0.6) is 0 Å². The summed E-state index contributed by atoms with van der Waals surface area (Å²) in [5.74, 6) is -1.29. The van der Waals surface area contributed by atoms with Crippen molar-refractivity contribution >= 4 is 33.2 Å². The summed E-state index contributed by atoms with van der Waals surface area (Å²) in [5, 5.41) is 11.0. The molecule has 1 saturated heterocycles. The molecule has 1 aliphatic heterocycles. The normalized spacial score (nSPS) is 15.8. The zero-order valence-corrected chi connectivity index (χ0v) is 13.6. The Labute approximate surface area is 133 Å². The Balaban J connectivity index is 1.93. The van der Waals surface area contributed by atoms with Crippen molar-refractivity contribution in [1.82, 2.24) is 9.62 Å². The fourth-order valence-electron chi connectivity index (χ4n) is 2.18. The SMILES string of the molecule is O=C(O)CCNC(=O)Cc1ccc(S(=O)(=O)N2CCCC2)s1. The average molecular weight is 346 g/mol. The van der Waals surface area contributed by atoms with Crippen LogP contribution in [0, 0.1) is 0 Å². The molecule has 22 heavy (non-hydrogen) atoms. The van der Waals surface area contributed by atoms with E-state index in [9.17, 15) is 18.0 Å². The van der Waals surface area contributed by atoms with Gasteiger partial charge in [-0.2, -0.15) is 4.31 Å². The van der Waals surface area contributed by atoms with Gasteiger partial charge >= 0.3 is 5.97 Å². The van der Waals surface area contributed by atoms with Crippen LogP contribution >= 0.6 is 11.3 Å². The summed E-state index contributed by atoms with van der Waals surface area (Å²) < 4.78 is 26.4. The first-order valence-electron chi connectivity index (χ1n) is 6.97. The number of thiophene rings is 1. The van der Waals surface area contributed by atoms with Gasteiger partial charge in [0.2, 0.25) is 5.91 Å². The maximum atomic E-state index is 12.4. The van der Waals surface area contributed by atoms with Gasteiger partial charge in [-0.1, -0.05) is 0 Å². The van der Waals surface area contributed by atoms with Crippen molar-refractivity contribution in [2.45, 2.75) is 29.9 Å². The Morgan fingerprint density at radius 2 is 1.95 bits per heavy atom.